The number of hydrogen-bond acceptors (Lipinski definition) is 4. The van der Waals surface area contributed by atoms with Gasteiger partial charge in [0, 0.05) is 12.5 Å². The monoisotopic (exact) mass is 334 g/mol. The van der Waals surface area contributed by atoms with E-state index in [1.807, 2.05) is 13.0 Å². The van der Waals surface area contributed by atoms with Crippen molar-refractivity contribution in [3.8, 4) is 23.0 Å². The number of para-hydroxylation sites is 1. The SMILES string of the molecule is CCCCCC(=O)c1c(O)cc(Oc2ccccc2)c(Cl)c1O. The number of carbonyl (C=O) groups excluding carboxylic acids is 1. The Balaban J connectivity index is 2.27. The highest BCUT2D eigenvalue weighted by atomic mass is 35.5. The highest BCUT2D eigenvalue weighted by Gasteiger charge is 2.22. The van der Waals surface area contributed by atoms with E-state index in [4.69, 9.17) is 16.3 Å². The highest BCUT2D eigenvalue weighted by Crippen LogP contribution is 2.43. The molecule has 2 aromatic rings. The Morgan fingerprint density at radius 3 is 2.52 bits per heavy atom. The molecule has 0 unspecified atom stereocenters. The van der Waals surface area contributed by atoms with Crippen LogP contribution in [0.4, 0.5) is 0 Å². The Labute approximate surface area is 140 Å². The van der Waals surface area contributed by atoms with Crippen molar-refractivity contribution in [2.45, 2.75) is 32.6 Å². The molecule has 23 heavy (non-hydrogen) atoms. The first-order valence-corrected chi connectivity index (χ1v) is 7.93. The van der Waals surface area contributed by atoms with Crippen molar-refractivity contribution in [1.29, 1.82) is 0 Å². The second kappa shape index (κ2) is 7.88. The molecule has 0 aliphatic carbocycles. The summed E-state index contributed by atoms with van der Waals surface area (Å²) in [5.41, 5.74) is -0.147. The summed E-state index contributed by atoms with van der Waals surface area (Å²) in [5, 5.41) is 20.2. The van der Waals surface area contributed by atoms with Gasteiger partial charge in [-0.1, -0.05) is 49.6 Å². The minimum Gasteiger partial charge on any atom is -0.507 e. The summed E-state index contributed by atoms with van der Waals surface area (Å²) in [6.07, 6.45) is 2.85. The zero-order valence-corrected chi connectivity index (χ0v) is 13.6. The van der Waals surface area contributed by atoms with Crippen LogP contribution in [-0.4, -0.2) is 16.0 Å². The Morgan fingerprint density at radius 1 is 1.17 bits per heavy atom. The topological polar surface area (TPSA) is 66.8 Å². The lowest BCUT2D eigenvalue weighted by Crippen LogP contribution is -2.01. The fourth-order valence-electron chi connectivity index (χ4n) is 2.23. The molecule has 0 heterocycles. The first-order chi connectivity index (χ1) is 11.0. The molecule has 0 spiro atoms. The summed E-state index contributed by atoms with van der Waals surface area (Å²) in [7, 11) is 0. The summed E-state index contributed by atoms with van der Waals surface area (Å²) >= 11 is 6.09. The highest BCUT2D eigenvalue weighted by molar-refractivity contribution is 6.34. The van der Waals surface area contributed by atoms with Gasteiger partial charge in [0.25, 0.3) is 0 Å². The van der Waals surface area contributed by atoms with E-state index in [2.05, 4.69) is 0 Å². The van der Waals surface area contributed by atoms with E-state index >= 15 is 0 Å². The molecule has 0 aromatic heterocycles. The van der Waals surface area contributed by atoms with E-state index in [9.17, 15) is 15.0 Å². The van der Waals surface area contributed by atoms with Crippen LogP contribution in [-0.2, 0) is 0 Å². The van der Waals surface area contributed by atoms with Gasteiger partial charge in [-0.25, -0.2) is 0 Å². The van der Waals surface area contributed by atoms with Crippen molar-refractivity contribution in [3.63, 3.8) is 0 Å². The fourth-order valence-corrected chi connectivity index (χ4v) is 2.42. The molecule has 0 aliphatic rings. The summed E-state index contributed by atoms with van der Waals surface area (Å²) in [6.45, 7) is 2.03. The van der Waals surface area contributed by atoms with Gasteiger partial charge in [0.2, 0.25) is 0 Å². The van der Waals surface area contributed by atoms with Crippen molar-refractivity contribution in [3.05, 3.63) is 47.0 Å². The Kier molecular flexibility index (Phi) is 5.88. The number of carbonyl (C=O) groups is 1. The molecule has 0 atom stereocenters. The first-order valence-electron chi connectivity index (χ1n) is 7.55. The van der Waals surface area contributed by atoms with Crippen LogP contribution in [0.5, 0.6) is 23.0 Å². The van der Waals surface area contributed by atoms with Gasteiger partial charge in [-0.05, 0) is 18.6 Å². The molecule has 0 bridgehead atoms. The largest absolute Gasteiger partial charge is 0.507 e. The molecule has 0 aliphatic heterocycles. The predicted octanol–water partition coefficient (Wildman–Crippen LogP) is 5.31. The van der Waals surface area contributed by atoms with Gasteiger partial charge >= 0.3 is 0 Å². The molecule has 4 nitrogen and oxygen atoms in total. The lowest BCUT2D eigenvalue weighted by molar-refractivity contribution is 0.0974. The number of unbranched alkanes of at least 4 members (excludes halogenated alkanes) is 2. The standard InChI is InChI=1S/C18H19ClO4/c1-2-3-5-10-13(20)16-14(21)11-15(17(19)18(16)22)23-12-8-6-4-7-9-12/h4,6-9,11,21-22H,2-3,5,10H2,1H3. The quantitative estimate of drug-likeness (QED) is 0.532. The fraction of sp³-hybridized carbons (Fsp3) is 0.278. The van der Waals surface area contributed by atoms with Crippen LogP contribution in [0, 0.1) is 0 Å². The normalized spacial score (nSPS) is 10.5. The molecule has 5 heteroatoms. The zero-order chi connectivity index (χ0) is 16.8. The molecular formula is C18H19ClO4. The van der Waals surface area contributed by atoms with Gasteiger partial charge in [0.05, 0.1) is 0 Å². The second-order valence-corrected chi connectivity index (χ2v) is 5.60. The van der Waals surface area contributed by atoms with E-state index in [1.165, 1.54) is 6.07 Å². The van der Waals surface area contributed by atoms with Gasteiger partial charge in [-0.3, -0.25) is 4.79 Å². The van der Waals surface area contributed by atoms with Crippen LogP contribution in [0.15, 0.2) is 36.4 Å². The average Bonchev–Trinajstić information content (AvgIpc) is 2.53. The van der Waals surface area contributed by atoms with Gasteiger partial charge < -0.3 is 14.9 Å². The maximum Gasteiger partial charge on any atom is 0.170 e. The molecule has 2 N–H and O–H groups in total. The number of ketones is 1. The number of ether oxygens (including phenoxy) is 1. The predicted molar refractivity (Wildman–Crippen MR) is 89.8 cm³/mol. The average molecular weight is 335 g/mol. The zero-order valence-electron chi connectivity index (χ0n) is 12.9. The van der Waals surface area contributed by atoms with Crippen LogP contribution in [0.2, 0.25) is 5.02 Å². The Hall–Kier alpha value is -2.20. The number of phenols is 2. The number of hydrogen-bond donors (Lipinski definition) is 2. The second-order valence-electron chi connectivity index (χ2n) is 5.23. The van der Waals surface area contributed by atoms with Gasteiger partial charge in [0.15, 0.2) is 17.3 Å². The minimum absolute atomic E-state index is 0.0921. The number of benzene rings is 2. The molecule has 2 rings (SSSR count). The van der Waals surface area contributed by atoms with E-state index in [-0.39, 0.29) is 34.3 Å². The minimum atomic E-state index is -0.445. The smallest absolute Gasteiger partial charge is 0.170 e. The molecule has 0 amide bonds. The van der Waals surface area contributed by atoms with E-state index < -0.39 is 5.75 Å². The van der Waals surface area contributed by atoms with Gasteiger partial charge in [-0.15, -0.1) is 0 Å². The van der Waals surface area contributed by atoms with Crippen LogP contribution >= 0.6 is 11.6 Å². The van der Waals surface area contributed by atoms with Crippen molar-refractivity contribution in [1.82, 2.24) is 0 Å². The van der Waals surface area contributed by atoms with Crippen molar-refractivity contribution in [2.75, 3.05) is 0 Å². The van der Waals surface area contributed by atoms with Crippen LogP contribution in [0.3, 0.4) is 0 Å². The molecule has 0 radical (unpaired) electrons. The van der Waals surface area contributed by atoms with Crippen molar-refractivity contribution in [2.24, 2.45) is 0 Å². The Bertz CT molecular complexity index is 683. The van der Waals surface area contributed by atoms with Crippen LogP contribution < -0.4 is 4.74 Å². The summed E-state index contributed by atoms with van der Waals surface area (Å²) in [4.78, 5) is 12.2. The summed E-state index contributed by atoms with van der Waals surface area (Å²) in [5.74, 6) is -0.506. The lowest BCUT2D eigenvalue weighted by atomic mass is 10.0. The van der Waals surface area contributed by atoms with Crippen molar-refractivity contribution >= 4 is 17.4 Å². The maximum atomic E-state index is 12.2. The third-order valence-corrected chi connectivity index (χ3v) is 3.81. The molecule has 0 fully saturated rings. The lowest BCUT2D eigenvalue weighted by Gasteiger charge is -2.13. The molecule has 0 saturated carbocycles. The van der Waals surface area contributed by atoms with Crippen LogP contribution in [0.1, 0.15) is 43.0 Å². The maximum absolute atomic E-state index is 12.2. The third kappa shape index (κ3) is 4.17. The van der Waals surface area contributed by atoms with Crippen molar-refractivity contribution < 1.29 is 19.7 Å². The number of aromatic hydroxyl groups is 2. The molecule has 122 valence electrons. The first kappa shape index (κ1) is 17.2. The number of Topliss-reactive ketones (excluding diaryl/α,β-unsaturated/α-hetero) is 1. The summed E-state index contributed by atoms with van der Waals surface area (Å²) in [6, 6.07) is 10.1. The molecule has 0 saturated heterocycles. The number of halogens is 1. The third-order valence-electron chi connectivity index (χ3n) is 3.44. The molecule has 2 aromatic carbocycles. The van der Waals surface area contributed by atoms with E-state index in [1.54, 1.807) is 24.3 Å². The number of phenolic OH excluding ortho intramolecular Hbond substituents is 2. The summed E-state index contributed by atoms with van der Waals surface area (Å²) < 4.78 is 5.54. The van der Waals surface area contributed by atoms with Gasteiger partial charge in [0.1, 0.15) is 22.1 Å². The van der Waals surface area contributed by atoms with Gasteiger partial charge in [-0.2, -0.15) is 0 Å². The van der Waals surface area contributed by atoms with E-state index in [0.29, 0.717) is 12.2 Å². The number of rotatable bonds is 7. The van der Waals surface area contributed by atoms with Crippen LogP contribution in [0.25, 0.3) is 0 Å². The Morgan fingerprint density at radius 2 is 1.87 bits per heavy atom. The van der Waals surface area contributed by atoms with E-state index in [0.717, 1.165) is 12.8 Å². The molecular weight excluding hydrogens is 316 g/mol.